The Kier molecular flexibility index (Phi) is 8.54. The van der Waals surface area contributed by atoms with Crippen molar-refractivity contribution in [3.63, 3.8) is 0 Å². The number of carbonyl (C=O) groups excluding carboxylic acids is 2. The van der Waals surface area contributed by atoms with Crippen molar-refractivity contribution in [3.05, 3.63) is 53.7 Å². The second kappa shape index (κ2) is 11.6. The highest BCUT2D eigenvalue weighted by molar-refractivity contribution is 6.36. The number of amides is 2. The molecule has 0 saturated carbocycles. The molecule has 1 aliphatic rings. The van der Waals surface area contributed by atoms with E-state index in [1.807, 2.05) is 20.8 Å². The van der Waals surface area contributed by atoms with Gasteiger partial charge in [0, 0.05) is 24.9 Å². The van der Waals surface area contributed by atoms with Gasteiger partial charge in [-0.1, -0.05) is 12.1 Å². The van der Waals surface area contributed by atoms with Crippen molar-refractivity contribution in [2.24, 2.45) is 0 Å². The summed E-state index contributed by atoms with van der Waals surface area (Å²) in [4.78, 5) is 28.0. The fraction of sp³-hybridized carbons (Fsp3) is 0.385. The van der Waals surface area contributed by atoms with E-state index in [0.717, 1.165) is 0 Å². The Labute approximate surface area is 200 Å². The molecular weight excluding hydrogens is 436 g/mol. The average Bonchev–Trinajstić information content (AvgIpc) is 3.06. The number of ether oxygens (including phenoxy) is 4. The predicted octanol–water partition coefficient (Wildman–Crippen LogP) is 4.11. The van der Waals surface area contributed by atoms with E-state index >= 15 is 0 Å². The zero-order chi connectivity index (χ0) is 24.7. The summed E-state index contributed by atoms with van der Waals surface area (Å²) in [6.45, 7) is 7.07. The van der Waals surface area contributed by atoms with Crippen LogP contribution in [-0.2, 0) is 14.3 Å². The minimum Gasteiger partial charge on any atom is -0.494 e. The lowest BCUT2D eigenvalue weighted by Crippen LogP contribution is -2.34. The van der Waals surface area contributed by atoms with Gasteiger partial charge in [-0.2, -0.15) is 0 Å². The first-order chi connectivity index (χ1) is 16.4. The summed E-state index contributed by atoms with van der Waals surface area (Å²) in [5.74, 6) is 1.04. The maximum absolute atomic E-state index is 13.4. The molecule has 0 radical (unpaired) electrons. The Balaban J connectivity index is 1.93. The molecule has 0 aliphatic carbocycles. The van der Waals surface area contributed by atoms with Crippen LogP contribution in [0.15, 0.2) is 48.2 Å². The first-order valence-electron chi connectivity index (χ1n) is 11.3. The van der Waals surface area contributed by atoms with Crippen molar-refractivity contribution in [1.82, 2.24) is 4.90 Å². The topological polar surface area (TPSA) is 86.3 Å². The van der Waals surface area contributed by atoms with Crippen LogP contribution in [0.5, 0.6) is 17.2 Å². The maximum atomic E-state index is 13.4. The Hall–Kier alpha value is -3.52. The molecule has 34 heavy (non-hydrogen) atoms. The molecule has 0 fully saturated rings. The summed E-state index contributed by atoms with van der Waals surface area (Å²) < 4.78 is 21.7. The molecule has 0 spiro atoms. The van der Waals surface area contributed by atoms with Gasteiger partial charge in [-0.25, -0.2) is 0 Å². The zero-order valence-corrected chi connectivity index (χ0v) is 20.3. The molecule has 1 aliphatic heterocycles. The van der Waals surface area contributed by atoms with Crippen LogP contribution in [0.3, 0.4) is 0 Å². The van der Waals surface area contributed by atoms with Gasteiger partial charge >= 0.3 is 0 Å². The zero-order valence-electron chi connectivity index (χ0n) is 20.3. The standard InChI is InChI=1S/C26H32N2O6/c1-6-33-20-11-8-18(9-12-20)23-24(27-19-10-13-21(31-4)22(16-19)32-5)26(30)28(25(23)29)14-7-15-34-17(2)3/h8-13,16-17,27H,6-7,14-15H2,1-5H3. The van der Waals surface area contributed by atoms with Crippen molar-refractivity contribution in [1.29, 1.82) is 0 Å². The fourth-order valence-corrected chi connectivity index (χ4v) is 3.65. The number of carbonyl (C=O) groups is 2. The molecule has 2 aromatic rings. The van der Waals surface area contributed by atoms with Crippen LogP contribution in [0.25, 0.3) is 5.57 Å². The third-order valence-corrected chi connectivity index (χ3v) is 5.25. The van der Waals surface area contributed by atoms with Crippen molar-refractivity contribution in [2.75, 3.05) is 39.3 Å². The molecule has 1 N–H and O–H groups in total. The summed E-state index contributed by atoms with van der Waals surface area (Å²) in [5, 5.41) is 3.14. The summed E-state index contributed by atoms with van der Waals surface area (Å²) >= 11 is 0. The first-order valence-corrected chi connectivity index (χ1v) is 11.3. The molecule has 0 bridgehead atoms. The predicted molar refractivity (Wildman–Crippen MR) is 130 cm³/mol. The molecule has 0 unspecified atom stereocenters. The van der Waals surface area contributed by atoms with E-state index in [4.69, 9.17) is 18.9 Å². The molecule has 1 heterocycles. The molecule has 2 aromatic carbocycles. The van der Waals surface area contributed by atoms with Crippen LogP contribution in [0.4, 0.5) is 5.69 Å². The molecule has 0 saturated heterocycles. The Morgan fingerprint density at radius 3 is 2.26 bits per heavy atom. The molecule has 0 aromatic heterocycles. The molecule has 182 valence electrons. The fourth-order valence-electron chi connectivity index (χ4n) is 3.65. The number of imide groups is 1. The van der Waals surface area contributed by atoms with E-state index in [-0.39, 0.29) is 30.2 Å². The van der Waals surface area contributed by atoms with Crippen LogP contribution in [-0.4, -0.2) is 56.8 Å². The van der Waals surface area contributed by atoms with Crippen molar-refractivity contribution < 1.29 is 28.5 Å². The second-order valence-corrected chi connectivity index (χ2v) is 7.94. The second-order valence-electron chi connectivity index (χ2n) is 7.94. The third-order valence-electron chi connectivity index (χ3n) is 5.25. The third kappa shape index (κ3) is 5.69. The molecule has 8 nitrogen and oxygen atoms in total. The lowest BCUT2D eigenvalue weighted by Gasteiger charge is -2.16. The van der Waals surface area contributed by atoms with E-state index in [9.17, 15) is 9.59 Å². The largest absolute Gasteiger partial charge is 0.494 e. The van der Waals surface area contributed by atoms with Crippen molar-refractivity contribution >= 4 is 23.1 Å². The monoisotopic (exact) mass is 468 g/mol. The summed E-state index contributed by atoms with van der Waals surface area (Å²) in [6, 6.07) is 12.4. The van der Waals surface area contributed by atoms with Crippen LogP contribution < -0.4 is 19.5 Å². The average molecular weight is 469 g/mol. The number of hydrogen-bond donors (Lipinski definition) is 1. The van der Waals surface area contributed by atoms with Gasteiger partial charge in [-0.3, -0.25) is 14.5 Å². The van der Waals surface area contributed by atoms with Gasteiger partial charge in [0.05, 0.1) is 32.5 Å². The number of benzene rings is 2. The lowest BCUT2D eigenvalue weighted by molar-refractivity contribution is -0.137. The number of rotatable bonds is 12. The molecule has 3 rings (SSSR count). The Morgan fingerprint density at radius 1 is 0.941 bits per heavy atom. The molecular formula is C26H32N2O6. The van der Waals surface area contributed by atoms with Crippen molar-refractivity contribution in [2.45, 2.75) is 33.3 Å². The number of anilines is 1. The SMILES string of the molecule is CCOc1ccc(C2=C(Nc3ccc(OC)c(OC)c3)C(=O)N(CCCOC(C)C)C2=O)cc1. The summed E-state index contributed by atoms with van der Waals surface area (Å²) in [7, 11) is 3.09. The van der Waals surface area contributed by atoms with Gasteiger partial charge in [0.1, 0.15) is 11.4 Å². The minimum absolute atomic E-state index is 0.0878. The summed E-state index contributed by atoms with van der Waals surface area (Å²) in [5.41, 5.74) is 1.76. The van der Waals surface area contributed by atoms with Crippen molar-refractivity contribution in [3.8, 4) is 17.2 Å². The number of nitrogens with zero attached hydrogens (tertiary/aromatic N) is 1. The van der Waals surface area contributed by atoms with Gasteiger partial charge in [0.15, 0.2) is 11.5 Å². The van der Waals surface area contributed by atoms with Crippen LogP contribution in [0.1, 0.15) is 32.8 Å². The van der Waals surface area contributed by atoms with Gasteiger partial charge in [-0.15, -0.1) is 0 Å². The highest BCUT2D eigenvalue weighted by atomic mass is 16.5. The quantitative estimate of drug-likeness (QED) is 0.371. The van der Waals surface area contributed by atoms with E-state index in [2.05, 4.69) is 5.32 Å². The van der Waals surface area contributed by atoms with E-state index in [0.29, 0.717) is 53.7 Å². The molecule has 0 atom stereocenters. The maximum Gasteiger partial charge on any atom is 0.278 e. The number of nitrogens with one attached hydrogen (secondary N) is 1. The lowest BCUT2D eigenvalue weighted by atomic mass is 10.0. The van der Waals surface area contributed by atoms with E-state index in [1.165, 1.54) is 12.0 Å². The van der Waals surface area contributed by atoms with Gasteiger partial charge < -0.3 is 24.3 Å². The normalized spacial score (nSPS) is 13.6. The highest BCUT2D eigenvalue weighted by Crippen LogP contribution is 2.34. The number of methoxy groups -OCH3 is 2. The number of hydrogen-bond acceptors (Lipinski definition) is 7. The van der Waals surface area contributed by atoms with Crippen LogP contribution in [0, 0.1) is 0 Å². The van der Waals surface area contributed by atoms with E-state index < -0.39 is 0 Å². The van der Waals surface area contributed by atoms with Gasteiger partial charge in [0.2, 0.25) is 0 Å². The van der Waals surface area contributed by atoms with Crippen LogP contribution in [0.2, 0.25) is 0 Å². The molecule has 2 amide bonds. The smallest absolute Gasteiger partial charge is 0.278 e. The van der Waals surface area contributed by atoms with Gasteiger partial charge in [-0.05, 0) is 57.0 Å². The molecule has 8 heteroatoms. The van der Waals surface area contributed by atoms with E-state index in [1.54, 1.807) is 49.6 Å². The Bertz CT molecular complexity index is 1050. The Morgan fingerprint density at radius 2 is 1.65 bits per heavy atom. The van der Waals surface area contributed by atoms with Crippen LogP contribution >= 0.6 is 0 Å². The highest BCUT2D eigenvalue weighted by Gasteiger charge is 2.39. The first kappa shape index (κ1) is 25.1. The minimum atomic E-state index is -0.381. The van der Waals surface area contributed by atoms with Gasteiger partial charge in [0.25, 0.3) is 11.8 Å². The summed E-state index contributed by atoms with van der Waals surface area (Å²) in [6.07, 6.45) is 0.639.